The lowest BCUT2D eigenvalue weighted by Gasteiger charge is -2.44. The van der Waals surface area contributed by atoms with E-state index < -0.39 is 0 Å². The third-order valence-electron chi connectivity index (χ3n) is 4.28. The maximum atomic E-state index is 12.5. The molecular formula is C16H20N2O3. The zero-order valence-corrected chi connectivity index (χ0v) is 12.5. The van der Waals surface area contributed by atoms with Crippen molar-refractivity contribution in [2.75, 3.05) is 30.0 Å². The van der Waals surface area contributed by atoms with Gasteiger partial charge in [0.15, 0.2) is 0 Å². The number of carbonyl (C=O) groups excluding carboxylic acids is 2. The van der Waals surface area contributed by atoms with Crippen molar-refractivity contribution in [2.24, 2.45) is 0 Å². The molecule has 0 aliphatic carbocycles. The Labute approximate surface area is 124 Å². The molecule has 0 aromatic heterocycles. The lowest BCUT2D eigenvalue weighted by Crippen LogP contribution is -2.54. The molecule has 1 atom stereocenters. The van der Waals surface area contributed by atoms with Gasteiger partial charge in [0, 0.05) is 13.6 Å². The van der Waals surface area contributed by atoms with E-state index in [0.717, 1.165) is 37.2 Å². The Kier molecular flexibility index (Phi) is 3.57. The first kappa shape index (κ1) is 13.9. The van der Waals surface area contributed by atoms with E-state index in [2.05, 4.69) is 4.90 Å². The van der Waals surface area contributed by atoms with Crippen LogP contribution in [0.5, 0.6) is 0 Å². The number of piperidine rings is 1. The van der Waals surface area contributed by atoms with Crippen LogP contribution in [0.15, 0.2) is 18.2 Å². The first-order valence-corrected chi connectivity index (χ1v) is 7.49. The highest BCUT2D eigenvalue weighted by Crippen LogP contribution is 2.39. The van der Waals surface area contributed by atoms with Crippen molar-refractivity contribution in [2.45, 2.75) is 32.2 Å². The Morgan fingerprint density at radius 1 is 1.33 bits per heavy atom. The summed E-state index contributed by atoms with van der Waals surface area (Å²) in [5.41, 5.74) is 2.32. The lowest BCUT2D eigenvalue weighted by molar-refractivity contribution is -0.120. The summed E-state index contributed by atoms with van der Waals surface area (Å²) in [4.78, 5) is 28.2. The van der Waals surface area contributed by atoms with Crippen LogP contribution in [0.1, 0.15) is 36.5 Å². The quantitative estimate of drug-likeness (QED) is 0.783. The molecular weight excluding hydrogens is 268 g/mol. The van der Waals surface area contributed by atoms with Crippen molar-refractivity contribution < 1.29 is 14.3 Å². The second kappa shape index (κ2) is 5.39. The summed E-state index contributed by atoms with van der Waals surface area (Å²) in [6.45, 7) is 3.03. The molecule has 2 aliphatic heterocycles. The molecule has 0 bridgehead atoms. The first-order chi connectivity index (χ1) is 10.1. The van der Waals surface area contributed by atoms with E-state index in [4.69, 9.17) is 4.74 Å². The fourth-order valence-electron chi connectivity index (χ4n) is 3.20. The standard InChI is InChI=1S/C16H20N2O3/c1-3-21-16(20)11-7-8-12-14(10-11)17(2)15(19)13-6-4-5-9-18(12)13/h7-8,10,13H,3-6,9H2,1-2H3. The maximum absolute atomic E-state index is 12.5. The third kappa shape index (κ3) is 2.26. The molecule has 1 unspecified atom stereocenters. The van der Waals surface area contributed by atoms with E-state index in [1.54, 1.807) is 31.0 Å². The van der Waals surface area contributed by atoms with Crippen LogP contribution in [0.2, 0.25) is 0 Å². The molecule has 5 nitrogen and oxygen atoms in total. The predicted molar refractivity (Wildman–Crippen MR) is 80.8 cm³/mol. The van der Waals surface area contributed by atoms with Crippen LogP contribution >= 0.6 is 0 Å². The van der Waals surface area contributed by atoms with Gasteiger partial charge in [0.1, 0.15) is 6.04 Å². The molecule has 0 spiro atoms. The number of carbonyl (C=O) groups is 2. The van der Waals surface area contributed by atoms with Gasteiger partial charge in [0.25, 0.3) is 0 Å². The molecule has 1 amide bonds. The molecule has 112 valence electrons. The average molecular weight is 288 g/mol. The van der Waals surface area contributed by atoms with Crippen molar-refractivity contribution in [1.29, 1.82) is 0 Å². The number of hydrogen-bond donors (Lipinski definition) is 0. The summed E-state index contributed by atoms with van der Waals surface area (Å²) in [5.74, 6) is -0.231. The Morgan fingerprint density at radius 3 is 2.90 bits per heavy atom. The summed E-state index contributed by atoms with van der Waals surface area (Å²) in [7, 11) is 1.78. The minimum atomic E-state index is -0.345. The Hall–Kier alpha value is -2.04. The van der Waals surface area contributed by atoms with Crippen LogP contribution in [-0.2, 0) is 9.53 Å². The topological polar surface area (TPSA) is 49.9 Å². The van der Waals surface area contributed by atoms with Crippen molar-refractivity contribution in [3.8, 4) is 0 Å². The van der Waals surface area contributed by atoms with E-state index in [0.29, 0.717) is 12.2 Å². The van der Waals surface area contributed by atoms with Gasteiger partial charge in [-0.3, -0.25) is 4.79 Å². The van der Waals surface area contributed by atoms with Crippen molar-refractivity contribution in [1.82, 2.24) is 0 Å². The summed E-state index contributed by atoms with van der Waals surface area (Å²) in [6, 6.07) is 5.43. The van der Waals surface area contributed by atoms with E-state index in [9.17, 15) is 9.59 Å². The largest absolute Gasteiger partial charge is 0.462 e. The second-order valence-corrected chi connectivity index (χ2v) is 5.53. The Balaban J connectivity index is 2.01. The van der Waals surface area contributed by atoms with Crippen molar-refractivity contribution >= 4 is 23.3 Å². The molecule has 0 saturated carbocycles. The van der Waals surface area contributed by atoms with Crippen LogP contribution in [0, 0.1) is 0 Å². The minimum Gasteiger partial charge on any atom is -0.462 e. The smallest absolute Gasteiger partial charge is 0.338 e. The number of nitrogens with zero attached hydrogens (tertiary/aromatic N) is 2. The number of anilines is 2. The highest BCUT2D eigenvalue weighted by atomic mass is 16.5. The van der Waals surface area contributed by atoms with Gasteiger partial charge >= 0.3 is 5.97 Å². The van der Waals surface area contributed by atoms with Crippen LogP contribution in [0.25, 0.3) is 0 Å². The number of likely N-dealkylation sites (N-methyl/N-ethyl adjacent to an activating group) is 1. The van der Waals surface area contributed by atoms with Crippen molar-refractivity contribution in [3.05, 3.63) is 23.8 Å². The fourth-order valence-corrected chi connectivity index (χ4v) is 3.20. The Morgan fingerprint density at radius 2 is 2.14 bits per heavy atom. The normalized spacial score (nSPS) is 20.9. The number of fused-ring (bicyclic) bond motifs is 3. The minimum absolute atomic E-state index is 0.0512. The van der Waals surface area contributed by atoms with E-state index >= 15 is 0 Å². The number of benzene rings is 1. The fraction of sp³-hybridized carbons (Fsp3) is 0.500. The Bertz CT molecular complexity index is 585. The molecule has 2 aliphatic rings. The summed E-state index contributed by atoms with van der Waals surface area (Å²) in [6.07, 6.45) is 3.10. The van der Waals surface area contributed by atoms with Gasteiger partial charge < -0.3 is 14.5 Å². The average Bonchev–Trinajstić information content (AvgIpc) is 2.52. The maximum Gasteiger partial charge on any atom is 0.338 e. The lowest BCUT2D eigenvalue weighted by atomic mass is 9.96. The van der Waals surface area contributed by atoms with Gasteiger partial charge in [0.05, 0.1) is 23.5 Å². The molecule has 1 aromatic rings. The van der Waals surface area contributed by atoms with Gasteiger partial charge in [-0.25, -0.2) is 4.79 Å². The summed E-state index contributed by atoms with van der Waals surface area (Å²) in [5, 5.41) is 0. The SMILES string of the molecule is CCOC(=O)c1ccc2c(c1)N(C)C(=O)C1CCCCN21. The van der Waals surface area contributed by atoms with Crippen LogP contribution < -0.4 is 9.80 Å². The van der Waals surface area contributed by atoms with Crippen molar-refractivity contribution in [3.63, 3.8) is 0 Å². The van der Waals surface area contributed by atoms with Crippen LogP contribution in [0.4, 0.5) is 11.4 Å². The number of hydrogen-bond acceptors (Lipinski definition) is 4. The molecule has 0 radical (unpaired) electrons. The van der Waals surface area contributed by atoms with E-state index in [1.807, 2.05) is 6.07 Å². The monoisotopic (exact) mass is 288 g/mol. The molecule has 2 heterocycles. The second-order valence-electron chi connectivity index (χ2n) is 5.53. The molecule has 1 fully saturated rings. The van der Waals surface area contributed by atoms with Crippen LogP contribution in [0.3, 0.4) is 0 Å². The highest BCUT2D eigenvalue weighted by Gasteiger charge is 2.38. The van der Waals surface area contributed by atoms with Gasteiger partial charge in [-0.2, -0.15) is 0 Å². The number of ether oxygens (including phenoxy) is 1. The molecule has 0 N–H and O–H groups in total. The predicted octanol–water partition coefficient (Wildman–Crippen LogP) is 2.20. The molecule has 3 rings (SSSR count). The van der Waals surface area contributed by atoms with Gasteiger partial charge in [-0.15, -0.1) is 0 Å². The third-order valence-corrected chi connectivity index (χ3v) is 4.28. The van der Waals surface area contributed by atoms with Gasteiger partial charge in [-0.1, -0.05) is 0 Å². The van der Waals surface area contributed by atoms with E-state index in [1.165, 1.54) is 0 Å². The summed E-state index contributed by atoms with van der Waals surface area (Å²) >= 11 is 0. The van der Waals surface area contributed by atoms with Gasteiger partial charge in [-0.05, 0) is 44.4 Å². The van der Waals surface area contributed by atoms with Gasteiger partial charge in [0.2, 0.25) is 5.91 Å². The summed E-state index contributed by atoms with van der Waals surface area (Å²) < 4.78 is 5.03. The molecule has 21 heavy (non-hydrogen) atoms. The molecule has 1 saturated heterocycles. The number of esters is 1. The first-order valence-electron chi connectivity index (χ1n) is 7.49. The number of rotatable bonds is 2. The van der Waals surface area contributed by atoms with Crippen LogP contribution in [-0.4, -0.2) is 38.1 Å². The number of amides is 1. The zero-order valence-electron chi connectivity index (χ0n) is 12.5. The molecule has 5 heteroatoms. The molecule has 1 aromatic carbocycles. The zero-order chi connectivity index (χ0) is 15.0. The van der Waals surface area contributed by atoms with E-state index in [-0.39, 0.29) is 17.9 Å². The highest BCUT2D eigenvalue weighted by molar-refractivity contribution is 6.06.